The van der Waals surface area contributed by atoms with Crippen molar-refractivity contribution in [3.8, 4) is 10.6 Å². The highest BCUT2D eigenvalue weighted by molar-refractivity contribution is 7.13. The fraction of sp³-hybridized carbons (Fsp3) is 0.250. The number of hydrogen-bond donors (Lipinski definition) is 2. The summed E-state index contributed by atoms with van der Waals surface area (Å²) < 4.78 is 0. The minimum absolute atomic E-state index is 0.336. The maximum atomic E-state index is 10.7. The first-order chi connectivity index (χ1) is 8.66. The topological polar surface area (TPSA) is 75.1 Å². The van der Waals surface area contributed by atoms with Crippen molar-refractivity contribution in [2.45, 2.75) is 6.92 Å². The minimum atomic E-state index is -0.828. The van der Waals surface area contributed by atoms with Crippen LogP contribution in [0.5, 0.6) is 0 Å². The lowest BCUT2D eigenvalue weighted by atomic mass is 10.2. The highest BCUT2D eigenvalue weighted by Crippen LogP contribution is 2.22. The molecule has 0 saturated carbocycles. The van der Waals surface area contributed by atoms with Crippen LogP contribution in [0.4, 0.5) is 5.82 Å². The largest absolute Gasteiger partial charge is 0.481 e. The number of anilines is 1. The van der Waals surface area contributed by atoms with E-state index in [1.165, 1.54) is 0 Å². The number of aromatic nitrogens is 2. The Labute approximate surface area is 109 Å². The van der Waals surface area contributed by atoms with E-state index in [1.54, 1.807) is 24.3 Å². The molecule has 6 heteroatoms. The summed E-state index contributed by atoms with van der Waals surface area (Å²) in [6.45, 7) is 1.98. The van der Waals surface area contributed by atoms with Crippen molar-refractivity contribution in [2.24, 2.45) is 5.92 Å². The minimum Gasteiger partial charge on any atom is -0.481 e. The number of carbonyl (C=O) groups is 1. The highest BCUT2D eigenvalue weighted by atomic mass is 32.1. The molecule has 0 aromatic carbocycles. The van der Waals surface area contributed by atoms with E-state index in [2.05, 4.69) is 15.5 Å². The Hall–Kier alpha value is -1.95. The standard InChI is InChI=1S/C12H13N3O2S/c1-8(12(16)17)7-13-11-5-4-9(14-15-11)10-3-2-6-18-10/h2-6,8H,7H2,1H3,(H,13,15)(H,16,17). The van der Waals surface area contributed by atoms with Gasteiger partial charge in [0.15, 0.2) is 0 Å². The summed E-state index contributed by atoms with van der Waals surface area (Å²) in [6, 6.07) is 7.61. The molecule has 0 spiro atoms. The zero-order valence-electron chi connectivity index (χ0n) is 9.83. The van der Waals surface area contributed by atoms with Crippen molar-refractivity contribution in [2.75, 3.05) is 11.9 Å². The third-order valence-corrected chi connectivity index (χ3v) is 3.34. The van der Waals surface area contributed by atoms with Gasteiger partial charge in [-0.2, -0.15) is 0 Å². The molecule has 0 amide bonds. The van der Waals surface area contributed by atoms with Gasteiger partial charge in [-0.1, -0.05) is 13.0 Å². The first-order valence-corrected chi connectivity index (χ1v) is 6.39. The van der Waals surface area contributed by atoms with Crippen molar-refractivity contribution >= 4 is 23.1 Å². The van der Waals surface area contributed by atoms with Crippen LogP contribution in [-0.2, 0) is 4.79 Å². The second-order valence-corrected chi connectivity index (χ2v) is 4.85. The smallest absolute Gasteiger partial charge is 0.308 e. The van der Waals surface area contributed by atoms with Crippen LogP contribution in [0.1, 0.15) is 6.92 Å². The maximum Gasteiger partial charge on any atom is 0.308 e. The van der Waals surface area contributed by atoms with E-state index in [0.29, 0.717) is 12.4 Å². The molecule has 18 heavy (non-hydrogen) atoms. The van der Waals surface area contributed by atoms with Crippen molar-refractivity contribution in [1.29, 1.82) is 0 Å². The molecular formula is C12H13N3O2S. The first-order valence-electron chi connectivity index (χ1n) is 5.51. The molecule has 1 unspecified atom stereocenters. The SMILES string of the molecule is CC(CNc1ccc(-c2cccs2)nn1)C(=O)O. The summed E-state index contributed by atoms with van der Waals surface area (Å²) >= 11 is 1.60. The Morgan fingerprint density at radius 2 is 2.28 bits per heavy atom. The number of carboxylic acids is 1. The monoisotopic (exact) mass is 263 g/mol. The van der Waals surface area contributed by atoms with Crippen molar-refractivity contribution in [1.82, 2.24) is 10.2 Å². The number of nitrogens with one attached hydrogen (secondary N) is 1. The van der Waals surface area contributed by atoms with E-state index in [9.17, 15) is 4.79 Å². The number of carboxylic acid groups (broad SMARTS) is 1. The van der Waals surface area contributed by atoms with Gasteiger partial charge in [0.2, 0.25) is 0 Å². The van der Waals surface area contributed by atoms with E-state index in [-0.39, 0.29) is 0 Å². The van der Waals surface area contributed by atoms with Crippen LogP contribution in [0.3, 0.4) is 0 Å². The van der Waals surface area contributed by atoms with Crippen LogP contribution < -0.4 is 5.32 Å². The second kappa shape index (κ2) is 5.59. The molecule has 5 nitrogen and oxygen atoms in total. The molecule has 2 N–H and O–H groups in total. The molecule has 2 rings (SSSR count). The molecule has 94 valence electrons. The predicted octanol–water partition coefficient (Wildman–Crippen LogP) is 2.34. The summed E-state index contributed by atoms with van der Waals surface area (Å²) in [5.41, 5.74) is 0.821. The molecule has 0 fully saturated rings. The molecule has 0 aliphatic heterocycles. The van der Waals surface area contributed by atoms with E-state index in [1.807, 2.05) is 23.6 Å². The fourth-order valence-electron chi connectivity index (χ4n) is 1.33. The fourth-order valence-corrected chi connectivity index (χ4v) is 2.02. The zero-order chi connectivity index (χ0) is 13.0. The number of thiophene rings is 1. The normalized spacial score (nSPS) is 12.1. The van der Waals surface area contributed by atoms with Gasteiger partial charge in [0.05, 0.1) is 10.8 Å². The van der Waals surface area contributed by atoms with Crippen LogP contribution in [0.2, 0.25) is 0 Å². The van der Waals surface area contributed by atoms with Crippen LogP contribution >= 0.6 is 11.3 Å². The molecule has 0 aliphatic carbocycles. The lowest BCUT2D eigenvalue weighted by Crippen LogP contribution is -2.20. The predicted molar refractivity (Wildman–Crippen MR) is 70.6 cm³/mol. The number of hydrogen-bond acceptors (Lipinski definition) is 5. The van der Waals surface area contributed by atoms with Crippen molar-refractivity contribution in [3.63, 3.8) is 0 Å². The lowest BCUT2D eigenvalue weighted by Gasteiger charge is -2.08. The van der Waals surface area contributed by atoms with Crippen molar-refractivity contribution in [3.05, 3.63) is 29.6 Å². The molecular weight excluding hydrogens is 250 g/mol. The van der Waals surface area contributed by atoms with Crippen molar-refractivity contribution < 1.29 is 9.90 Å². The summed E-state index contributed by atoms with van der Waals surface area (Å²) in [6.07, 6.45) is 0. The Morgan fingerprint density at radius 3 is 2.83 bits per heavy atom. The average Bonchev–Trinajstić information content (AvgIpc) is 2.90. The van der Waals surface area contributed by atoms with Crippen LogP contribution in [-0.4, -0.2) is 27.8 Å². The van der Waals surface area contributed by atoms with Gasteiger partial charge in [-0.25, -0.2) is 0 Å². The van der Waals surface area contributed by atoms with Crippen LogP contribution in [0.25, 0.3) is 10.6 Å². The summed E-state index contributed by atoms with van der Waals surface area (Å²) in [4.78, 5) is 11.7. The first kappa shape index (κ1) is 12.5. The van der Waals surface area contributed by atoms with Crippen LogP contribution in [0, 0.1) is 5.92 Å². The quantitative estimate of drug-likeness (QED) is 0.866. The Balaban J connectivity index is 1.98. The molecule has 0 radical (unpaired) electrons. The zero-order valence-corrected chi connectivity index (χ0v) is 10.6. The Morgan fingerprint density at radius 1 is 1.44 bits per heavy atom. The summed E-state index contributed by atoms with van der Waals surface area (Å²) in [5.74, 6) is -0.696. The molecule has 0 bridgehead atoms. The van der Waals surface area contributed by atoms with E-state index in [4.69, 9.17) is 5.11 Å². The number of aliphatic carboxylic acids is 1. The maximum absolute atomic E-state index is 10.7. The van der Waals surface area contributed by atoms with Gasteiger partial charge in [-0.05, 0) is 23.6 Å². The van der Waals surface area contributed by atoms with E-state index in [0.717, 1.165) is 10.6 Å². The molecule has 2 aromatic rings. The summed E-state index contributed by atoms with van der Waals surface area (Å²) in [7, 11) is 0. The lowest BCUT2D eigenvalue weighted by molar-refractivity contribution is -0.140. The van der Waals surface area contributed by atoms with Gasteiger partial charge in [-0.15, -0.1) is 21.5 Å². The third kappa shape index (κ3) is 3.04. The Bertz CT molecular complexity index is 511. The molecule has 2 heterocycles. The van der Waals surface area contributed by atoms with E-state index >= 15 is 0 Å². The van der Waals surface area contributed by atoms with Gasteiger partial charge in [0.1, 0.15) is 11.5 Å². The number of nitrogens with zero attached hydrogens (tertiary/aromatic N) is 2. The van der Waals surface area contributed by atoms with Crippen LogP contribution in [0.15, 0.2) is 29.6 Å². The highest BCUT2D eigenvalue weighted by Gasteiger charge is 2.10. The summed E-state index contributed by atoms with van der Waals surface area (Å²) in [5, 5.41) is 21.8. The Kier molecular flexibility index (Phi) is 3.88. The van der Waals surface area contributed by atoms with Gasteiger partial charge in [-0.3, -0.25) is 4.79 Å². The second-order valence-electron chi connectivity index (χ2n) is 3.90. The number of rotatable bonds is 5. The molecule has 2 aromatic heterocycles. The van der Waals surface area contributed by atoms with Gasteiger partial charge >= 0.3 is 5.97 Å². The van der Waals surface area contributed by atoms with E-state index < -0.39 is 11.9 Å². The molecule has 1 atom stereocenters. The average molecular weight is 263 g/mol. The van der Waals surface area contributed by atoms with Gasteiger partial charge < -0.3 is 10.4 Å². The van der Waals surface area contributed by atoms with Gasteiger partial charge in [0, 0.05) is 6.54 Å². The third-order valence-electron chi connectivity index (χ3n) is 2.45. The molecule has 0 aliphatic rings. The molecule has 0 saturated heterocycles. The van der Waals surface area contributed by atoms with Gasteiger partial charge in [0.25, 0.3) is 0 Å².